The molecule has 0 atom stereocenters. The lowest BCUT2D eigenvalue weighted by atomic mass is 10.2. The molecular weight excluding hydrogens is 222 g/mol. The van der Waals surface area contributed by atoms with Crippen molar-refractivity contribution in [3.8, 4) is 0 Å². The molecule has 1 aromatic heterocycles. The fourth-order valence-corrected chi connectivity index (χ4v) is 2.08. The fourth-order valence-electron chi connectivity index (χ4n) is 2.08. The summed E-state index contributed by atoms with van der Waals surface area (Å²) in [5, 5.41) is 3.19. The van der Waals surface area contributed by atoms with E-state index in [9.17, 15) is 0 Å². The van der Waals surface area contributed by atoms with Crippen LogP contribution in [0.2, 0.25) is 0 Å². The first-order valence-corrected chi connectivity index (χ1v) is 7.05. The number of pyridine rings is 1. The zero-order valence-corrected chi connectivity index (χ0v) is 12.1. The van der Waals surface area contributed by atoms with E-state index in [0.29, 0.717) is 0 Å². The molecule has 1 rings (SSSR count). The molecule has 1 N–H and O–H groups in total. The van der Waals surface area contributed by atoms with Gasteiger partial charge in [0.1, 0.15) is 0 Å². The molecule has 1 heterocycles. The summed E-state index contributed by atoms with van der Waals surface area (Å²) >= 11 is 0. The van der Waals surface area contributed by atoms with Crippen molar-refractivity contribution in [1.82, 2.24) is 15.2 Å². The molecule has 0 unspecified atom stereocenters. The maximum Gasteiger partial charge on any atom is 0.0547 e. The standard InChI is InChI=1S/C15H27N3/c1-4-18(12-7-5-6-11-16-3)13-15-10-8-9-14(2)17-15/h8-10,16H,4-7,11-13H2,1-3H3. The van der Waals surface area contributed by atoms with Gasteiger partial charge in [0.25, 0.3) is 0 Å². The van der Waals surface area contributed by atoms with Crippen molar-refractivity contribution >= 4 is 0 Å². The summed E-state index contributed by atoms with van der Waals surface area (Å²) in [7, 11) is 2.02. The number of rotatable bonds is 9. The van der Waals surface area contributed by atoms with Crippen LogP contribution >= 0.6 is 0 Å². The minimum atomic E-state index is 0.976. The predicted octanol–water partition coefficient (Wildman–Crippen LogP) is 2.60. The van der Waals surface area contributed by atoms with Crippen molar-refractivity contribution < 1.29 is 0 Å². The lowest BCUT2D eigenvalue weighted by Crippen LogP contribution is -2.24. The Kier molecular flexibility index (Phi) is 7.62. The molecule has 0 aromatic carbocycles. The molecule has 3 heteroatoms. The minimum Gasteiger partial charge on any atom is -0.320 e. The molecule has 3 nitrogen and oxygen atoms in total. The van der Waals surface area contributed by atoms with E-state index in [1.165, 1.54) is 31.5 Å². The van der Waals surface area contributed by atoms with Gasteiger partial charge in [-0.3, -0.25) is 9.88 Å². The van der Waals surface area contributed by atoms with Gasteiger partial charge in [-0.1, -0.05) is 19.4 Å². The Morgan fingerprint density at radius 3 is 2.72 bits per heavy atom. The third kappa shape index (κ3) is 6.12. The lowest BCUT2D eigenvalue weighted by Gasteiger charge is -2.20. The van der Waals surface area contributed by atoms with Crippen LogP contribution in [0.3, 0.4) is 0 Å². The van der Waals surface area contributed by atoms with Crippen LogP contribution in [0.4, 0.5) is 0 Å². The second-order valence-electron chi connectivity index (χ2n) is 4.80. The summed E-state index contributed by atoms with van der Waals surface area (Å²) in [6.45, 7) is 8.66. The van der Waals surface area contributed by atoms with Gasteiger partial charge in [-0.2, -0.15) is 0 Å². The van der Waals surface area contributed by atoms with E-state index >= 15 is 0 Å². The van der Waals surface area contributed by atoms with Gasteiger partial charge < -0.3 is 5.32 Å². The monoisotopic (exact) mass is 249 g/mol. The van der Waals surface area contributed by atoms with Crippen LogP contribution in [0.1, 0.15) is 37.6 Å². The number of aromatic nitrogens is 1. The molecule has 0 aliphatic rings. The summed E-state index contributed by atoms with van der Waals surface area (Å²) in [4.78, 5) is 7.04. The topological polar surface area (TPSA) is 28.2 Å². The molecular formula is C15H27N3. The van der Waals surface area contributed by atoms with E-state index in [-0.39, 0.29) is 0 Å². The molecule has 0 fully saturated rings. The van der Waals surface area contributed by atoms with Gasteiger partial charge >= 0.3 is 0 Å². The minimum absolute atomic E-state index is 0.976. The van der Waals surface area contributed by atoms with Crippen LogP contribution in [0, 0.1) is 6.92 Å². The van der Waals surface area contributed by atoms with Crippen molar-refractivity contribution in [2.75, 3.05) is 26.7 Å². The summed E-state index contributed by atoms with van der Waals surface area (Å²) in [6.07, 6.45) is 3.86. The SMILES string of the molecule is CCN(CCCCCNC)Cc1cccc(C)n1. The highest BCUT2D eigenvalue weighted by Crippen LogP contribution is 2.05. The van der Waals surface area contributed by atoms with Crippen LogP contribution in [0.25, 0.3) is 0 Å². The molecule has 18 heavy (non-hydrogen) atoms. The zero-order valence-electron chi connectivity index (χ0n) is 12.1. The Balaban J connectivity index is 2.28. The molecule has 0 saturated heterocycles. The van der Waals surface area contributed by atoms with Crippen molar-refractivity contribution in [3.63, 3.8) is 0 Å². The lowest BCUT2D eigenvalue weighted by molar-refractivity contribution is 0.269. The highest BCUT2D eigenvalue weighted by Gasteiger charge is 2.04. The van der Waals surface area contributed by atoms with E-state index in [1.807, 2.05) is 7.05 Å². The number of hydrogen-bond donors (Lipinski definition) is 1. The molecule has 0 radical (unpaired) electrons. The van der Waals surface area contributed by atoms with Crippen LogP contribution < -0.4 is 5.32 Å². The molecule has 0 saturated carbocycles. The van der Waals surface area contributed by atoms with Crippen LogP contribution in [-0.2, 0) is 6.54 Å². The Bertz CT molecular complexity index is 325. The first kappa shape index (κ1) is 15.1. The van der Waals surface area contributed by atoms with Gasteiger partial charge in [-0.25, -0.2) is 0 Å². The zero-order chi connectivity index (χ0) is 13.2. The van der Waals surface area contributed by atoms with Crippen molar-refractivity contribution in [2.24, 2.45) is 0 Å². The summed E-state index contributed by atoms with van der Waals surface area (Å²) < 4.78 is 0. The number of aryl methyl sites for hydroxylation is 1. The van der Waals surface area contributed by atoms with E-state index in [4.69, 9.17) is 0 Å². The second kappa shape index (κ2) is 9.06. The number of hydrogen-bond acceptors (Lipinski definition) is 3. The molecule has 0 bridgehead atoms. The van der Waals surface area contributed by atoms with Crippen LogP contribution in [-0.4, -0.2) is 36.6 Å². The maximum atomic E-state index is 4.57. The van der Waals surface area contributed by atoms with Gasteiger partial charge in [-0.15, -0.1) is 0 Å². The third-order valence-electron chi connectivity index (χ3n) is 3.18. The van der Waals surface area contributed by atoms with Gasteiger partial charge in [0, 0.05) is 12.2 Å². The molecule has 0 spiro atoms. The molecule has 0 aliphatic heterocycles. The first-order chi connectivity index (χ1) is 8.76. The van der Waals surface area contributed by atoms with Gasteiger partial charge in [-0.05, 0) is 58.6 Å². The van der Waals surface area contributed by atoms with Gasteiger partial charge in [0.05, 0.1) is 5.69 Å². The van der Waals surface area contributed by atoms with E-state index < -0.39 is 0 Å². The van der Waals surface area contributed by atoms with Crippen molar-refractivity contribution in [1.29, 1.82) is 0 Å². The smallest absolute Gasteiger partial charge is 0.0547 e. The van der Waals surface area contributed by atoms with Gasteiger partial charge in [0.15, 0.2) is 0 Å². The van der Waals surface area contributed by atoms with Crippen molar-refractivity contribution in [2.45, 2.75) is 39.7 Å². The number of unbranched alkanes of at least 4 members (excludes halogenated alkanes) is 2. The van der Waals surface area contributed by atoms with E-state index in [1.54, 1.807) is 0 Å². The Morgan fingerprint density at radius 2 is 2.06 bits per heavy atom. The average Bonchev–Trinajstić information content (AvgIpc) is 2.37. The third-order valence-corrected chi connectivity index (χ3v) is 3.18. The number of nitrogens with zero attached hydrogens (tertiary/aromatic N) is 2. The van der Waals surface area contributed by atoms with Crippen LogP contribution in [0.15, 0.2) is 18.2 Å². The normalized spacial score (nSPS) is 11.1. The highest BCUT2D eigenvalue weighted by atomic mass is 15.1. The first-order valence-electron chi connectivity index (χ1n) is 7.05. The Labute approximate surface area is 112 Å². The fraction of sp³-hybridized carbons (Fsp3) is 0.667. The molecule has 102 valence electrons. The van der Waals surface area contributed by atoms with E-state index in [2.05, 4.69) is 47.2 Å². The predicted molar refractivity (Wildman–Crippen MR) is 77.7 cm³/mol. The van der Waals surface area contributed by atoms with Gasteiger partial charge in [0.2, 0.25) is 0 Å². The quantitative estimate of drug-likeness (QED) is 0.682. The summed E-state index contributed by atoms with van der Waals surface area (Å²) in [6, 6.07) is 6.27. The Morgan fingerprint density at radius 1 is 1.22 bits per heavy atom. The largest absolute Gasteiger partial charge is 0.320 e. The van der Waals surface area contributed by atoms with Crippen molar-refractivity contribution in [3.05, 3.63) is 29.6 Å². The van der Waals surface area contributed by atoms with E-state index in [0.717, 1.165) is 25.3 Å². The molecule has 1 aromatic rings. The highest BCUT2D eigenvalue weighted by molar-refractivity contribution is 5.09. The maximum absolute atomic E-state index is 4.57. The second-order valence-corrected chi connectivity index (χ2v) is 4.80. The molecule has 0 aliphatic carbocycles. The average molecular weight is 249 g/mol. The molecule has 0 amide bonds. The summed E-state index contributed by atoms with van der Waals surface area (Å²) in [5.41, 5.74) is 2.30. The summed E-state index contributed by atoms with van der Waals surface area (Å²) in [5.74, 6) is 0. The Hall–Kier alpha value is -0.930. The number of nitrogens with one attached hydrogen (secondary N) is 1. The van der Waals surface area contributed by atoms with Crippen LogP contribution in [0.5, 0.6) is 0 Å².